The summed E-state index contributed by atoms with van der Waals surface area (Å²) in [5.41, 5.74) is 1.20. The lowest BCUT2D eigenvalue weighted by Gasteiger charge is -2.21. The van der Waals surface area contributed by atoms with E-state index in [0.29, 0.717) is 31.3 Å². The van der Waals surface area contributed by atoms with E-state index in [4.69, 9.17) is 21.1 Å². The first-order valence-electron chi connectivity index (χ1n) is 8.33. The summed E-state index contributed by atoms with van der Waals surface area (Å²) in [5.74, 6) is 0.709. The minimum Gasteiger partial charge on any atom is -0.486 e. The van der Waals surface area contributed by atoms with E-state index >= 15 is 0 Å². The van der Waals surface area contributed by atoms with Crippen LogP contribution in [0.25, 0.3) is 0 Å². The summed E-state index contributed by atoms with van der Waals surface area (Å²) in [6.07, 6.45) is 0.253. The van der Waals surface area contributed by atoms with Gasteiger partial charge in [0.2, 0.25) is 5.91 Å². The highest BCUT2D eigenvalue weighted by Gasteiger charge is 2.13. The summed E-state index contributed by atoms with van der Waals surface area (Å²) in [5, 5.41) is 2.85. The third-order valence-corrected chi connectivity index (χ3v) is 4.22. The van der Waals surface area contributed by atoms with Gasteiger partial charge >= 0.3 is 0 Å². The van der Waals surface area contributed by atoms with E-state index < -0.39 is 5.82 Å². The molecule has 0 unspecified atom stereocenters. The lowest BCUT2D eigenvalue weighted by molar-refractivity contribution is -0.116. The van der Waals surface area contributed by atoms with Gasteiger partial charge in [-0.2, -0.15) is 0 Å². The van der Waals surface area contributed by atoms with Crippen molar-refractivity contribution < 1.29 is 18.7 Å². The molecule has 7 heteroatoms. The molecule has 138 valence electrons. The van der Waals surface area contributed by atoms with E-state index in [-0.39, 0.29) is 18.0 Å². The first-order chi connectivity index (χ1) is 12.5. The van der Waals surface area contributed by atoms with Crippen molar-refractivity contribution in [3.05, 3.63) is 52.8 Å². The Hall–Kier alpha value is -2.31. The summed E-state index contributed by atoms with van der Waals surface area (Å²) in [6.45, 7) is 2.32. The zero-order chi connectivity index (χ0) is 18.5. The molecule has 1 heterocycles. The van der Waals surface area contributed by atoms with Crippen LogP contribution in [0.2, 0.25) is 5.02 Å². The Labute approximate surface area is 156 Å². The molecule has 0 aromatic heterocycles. The smallest absolute Gasteiger partial charge is 0.225 e. The van der Waals surface area contributed by atoms with Gasteiger partial charge in [-0.3, -0.25) is 4.79 Å². The number of rotatable bonds is 6. The Kier molecular flexibility index (Phi) is 5.96. The summed E-state index contributed by atoms with van der Waals surface area (Å²) in [4.78, 5) is 14.0. The average Bonchev–Trinajstić information content (AvgIpc) is 2.62. The Morgan fingerprint density at radius 3 is 2.73 bits per heavy atom. The number of amides is 1. The van der Waals surface area contributed by atoms with E-state index in [1.165, 1.54) is 18.2 Å². The van der Waals surface area contributed by atoms with Gasteiger partial charge in [-0.15, -0.1) is 0 Å². The quantitative estimate of drug-likeness (QED) is 0.832. The predicted octanol–water partition coefficient (Wildman–Crippen LogP) is 3.71. The van der Waals surface area contributed by atoms with Crippen molar-refractivity contribution in [2.24, 2.45) is 0 Å². The maximum absolute atomic E-state index is 13.7. The number of benzene rings is 2. The molecule has 0 radical (unpaired) electrons. The number of anilines is 1. The van der Waals surface area contributed by atoms with E-state index in [1.807, 2.05) is 30.1 Å². The van der Waals surface area contributed by atoms with Gasteiger partial charge in [0.05, 0.1) is 5.69 Å². The fourth-order valence-corrected chi connectivity index (χ4v) is 2.83. The number of carbonyl (C=O) groups excluding carboxylic acids is 1. The Morgan fingerprint density at radius 2 is 1.96 bits per heavy atom. The van der Waals surface area contributed by atoms with Gasteiger partial charge in [0.15, 0.2) is 11.5 Å². The summed E-state index contributed by atoms with van der Waals surface area (Å²) < 4.78 is 24.8. The molecule has 0 aliphatic carbocycles. The molecule has 1 amide bonds. The van der Waals surface area contributed by atoms with Crippen molar-refractivity contribution in [3.63, 3.8) is 0 Å². The van der Waals surface area contributed by atoms with Crippen molar-refractivity contribution in [2.45, 2.75) is 13.0 Å². The second-order valence-corrected chi connectivity index (χ2v) is 6.57. The highest BCUT2D eigenvalue weighted by Crippen LogP contribution is 2.31. The summed E-state index contributed by atoms with van der Waals surface area (Å²) >= 11 is 5.70. The molecule has 1 aliphatic heterocycles. The van der Waals surface area contributed by atoms with Crippen molar-refractivity contribution in [1.82, 2.24) is 4.90 Å². The fraction of sp³-hybridized carbons (Fsp3) is 0.316. The van der Waals surface area contributed by atoms with Crippen LogP contribution in [-0.4, -0.2) is 37.6 Å². The number of ether oxygens (including phenoxy) is 2. The standard InChI is InChI=1S/C19H20ClFN2O3/c1-23(12-13-2-5-17-18(10-13)26-9-8-25-17)7-6-19(24)22-16-4-3-14(20)11-15(16)21/h2-5,10-11H,6-9,12H2,1H3,(H,22,24). The molecule has 1 aliphatic rings. The average molecular weight is 379 g/mol. The van der Waals surface area contributed by atoms with Crippen molar-refractivity contribution in [1.29, 1.82) is 0 Å². The van der Waals surface area contributed by atoms with Gasteiger partial charge in [0.1, 0.15) is 19.0 Å². The first-order valence-corrected chi connectivity index (χ1v) is 8.71. The highest BCUT2D eigenvalue weighted by atomic mass is 35.5. The Morgan fingerprint density at radius 1 is 1.19 bits per heavy atom. The van der Waals surface area contributed by atoms with Crippen LogP contribution < -0.4 is 14.8 Å². The highest BCUT2D eigenvalue weighted by molar-refractivity contribution is 6.30. The van der Waals surface area contributed by atoms with E-state index in [9.17, 15) is 9.18 Å². The minimum absolute atomic E-state index is 0.133. The Bertz CT molecular complexity index is 800. The van der Waals surface area contributed by atoms with Crippen LogP contribution in [0.15, 0.2) is 36.4 Å². The molecular formula is C19H20ClFN2O3. The normalized spacial score (nSPS) is 12.9. The molecule has 5 nitrogen and oxygen atoms in total. The zero-order valence-electron chi connectivity index (χ0n) is 14.4. The van der Waals surface area contributed by atoms with Crippen LogP contribution in [0.5, 0.6) is 11.5 Å². The number of carbonyl (C=O) groups is 1. The second kappa shape index (κ2) is 8.38. The molecule has 0 fully saturated rings. The fourth-order valence-electron chi connectivity index (χ4n) is 2.67. The summed E-state index contributed by atoms with van der Waals surface area (Å²) in [6, 6.07) is 9.99. The van der Waals surface area contributed by atoms with E-state index in [1.54, 1.807) is 0 Å². The van der Waals surface area contributed by atoms with Crippen molar-refractivity contribution in [2.75, 3.05) is 32.1 Å². The number of halogens is 2. The van der Waals surface area contributed by atoms with E-state index in [2.05, 4.69) is 5.32 Å². The number of hydrogen-bond acceptors (Lipinski definition) is 4. The molecule has 0 saturated heterocycles. The predicted molar refractivity (Wildman–Crippen MR) is 98.4 cm³/mol. The second-order valence-electron chi connectivity index (χ2n) is 6.14. The number of fused-ring (bicyclic) bond motifs is 1. The zero-order valence-corrected chi connectivity index (χ0v) is 15.2. The van der Waals surface area contributed by atoms with Crippen LogP contribution in [0.1, 0.15) is 12.0 Å². The maximum Gasteiger partial charge on any atom is 0.225 e. The first kappa shape index (κ1) is 18.5. The van der Waals surface area contributed by atoms with Gasteiger partial charge in [-0.25, -0.2) is 4.39 Å². The molecule has 0 atom stereocenters. The molecule has 2 aromatic carbocycles. The third-order valence-electron chi connectivity index (χ3n) is 3.98. The van der Waals surface area contributed by atoms with Gasteiger partial charge in [0, 0.05) is 24.5 Å². The van der Waals surface area contributed by atoms with Crippen LogP contribution in [0.4, 0.5) is 10.1 Å². The van der Waals surface area contributed by atoms with Crippen LogP contribution >= 0.6 is 11.6 Å². The number of nitrogens with one attached hydrogen (secondary N) is 1. The van der Waals surface area contributed by atoms with Crippen molar-refractivity contribution >= 4 is 23.2 Å². The van der Waals surface area contributed by atoms with Gasteiger partial charge < -0.3 is 19.7 Å². The number of hydrogen-bond donors (Lipinski definition) is 1. The third kappa shape index (κ3) is 4.86. The van der Waals surface area contributed by atoms with Crippen LogP contribution in [-0.2, 0) is 11.3 Å². The number of nitrogens with zero attached hydrogens (tertiary/aromatic N) is 1. The molecule has 1 N–H and O–H groups in total. The van der Waals surface area contributed by atoms with Crippen LogP contribution in [0, 0.1) is 5.82 Å². The lowest BCUT2D eigenvalue weighted by atomic mass is 10.2. The topological polar surface area (TPSA) is 50.8 Å². The maximum atomic E-state index is 13.7. The largest absolute Gasteiger partial charge is 0.486 e. The van der Waals surface area contributed by atoms with Crippen LogP contribution in [0.3, 0.4) is 0 Å². The van der Waals surface area contributed by atoms with Gasteiger partial charge in [0.25, 0.3) is 0 Å². The van der Waals surface area contributed by atoms with Crippen molar-refractivity contribution in [3.8, 4) is 11.5 Å². The molecule has 0 spiro atoms. The SMILES string of the molecule is CN(CCC(=O)Nc1ccc(Cl)cc1F)Cc1ccc2c(c1)OCCO2. The monoisotopic (exact) mass is 378 g/mol. The van der Waals surface area contributed by atoms with Gasteiger partial charge in [-0.05, 0) is 42.9 Å². The van der Waals surface area contributed by atoms with E-state index in [0.717, 1.165) is 17.1 Å². The molecular weight excluding hydrogens is 359 g/mol. The summed E-state index contributed by atoms with van der Waals surface area (Å²) in [7, 11) is 1.92. The van der Waals surface area contributed by atoms with Gasteiger partial charge in [-0.1, -0.05) is 17.7 Å². The minimum atomic E-state index is -0.546. The molecule has 26 heavy (non-hydrogen) atoms. The molecule has 0 bridgehead atoms. The lowest BCUT2D eigenvalue weighted by Crippen LogP contribution is -2.24. The molecule has 3 rings (SSSR count). The Balaban J connectivity index is 1.49. The molecule has 2 aromatic rings. The molecule has 0 saturated carbocycles.